The molecule has 0 rings (SSSR count). The third-order valence-electron chi connectivity index (χ3n) is 2.36. The second-order valence-corrected chi connectivity index (χ2v) is 17.2. The van der Waals surface area contributed by atoms with Gasteiger partial charge in [-0.3, -0.25) is 0 Å². The van der Waals surface area contributed by atoms with Crippen molar-refractivity contribution >= 4 is 15.1 Å². The zero-order chi connectivity index (χ0) is 10.8. The number of rotatable bonds is 4. The van der Waals surface area contributed by atoms with Gasteiger partial charge in [0.25, 0.3) is 6.72 Å². The number of unbranched alkanes of at least 4 members (excludes halogenated alkanes) is 2. The van der Waals surface area contributed by atoms with Crippen molar-refractivity contribution in [2.45, 2.75) is 26.2 Å². The molecule has 0 aromatic carbocycles. The highest BCUT2D eigenvalue weighted by atomic mass is 32.6. The Bertz CT molecular complexity index is 241. The quantitative estimate of drug-likeness (QED) is 0.505. The fraction of sp³-hybridized carbons (Fsp3) is 1.00. The van der Waals surface area contributed by atoms with E-state index in [0.717, 1.165) is 25.0 Å². The van der Waals surface area contributed by atoms with Gasteiger partial charge < -0.3 is 14.7 Å². The molecule has 0 aliphatic rings. The Hall–Kier alpha value is 0.660. The minimum Gasteiger partial charge on any atom is -0.329 e. The first-order valence-electron chi connectivity index (χ1n) is 4.50. The predicted octanol–water partition coefficient (Wildman–Crippen LogP) is 1.41. The number of hydrogen-bond donors (Lipinski definition) is 3. The van der Waals surface area contributed by atoms with Gasteiger partial charge in [-0.05, 0) is 30.9 Å². The fourth-order valence-electron chi connectivity index (χ4n) is 0.972. The Labute approximate surface area is 80.9 Å². The molecule has 0 fully saturated rings. The zero-order valence-electron chi connectivity index (χ0n) is 9.03. The van der Waals surface area contributed by atoms with Crippen molar-refractivity contribution in [2.75, 3.05) is 24.5 Å². The molecule has 0 spiro atoms. The Morgan fingerprint density at radius 1 is 1.00 bits per heavy atom. The van der Waals surface area contributed by atoms with Crippen molar-refractivity contribution in [3.8, 4) is 0 Å². The molecule has 0 aliphatic carbocycles. The molecular weight excluding hydrogens is 207 g/mol. The number of hydrogen-bond acceptors (Lipinski definition) is 0. The van der Waals surface area contributed by atoms with Crippen molar-refractivity contribution < 1.29 is 14.7 Å². The van der Waals surface area contributed by atoms with Crippen molar-refractivity contribution in [3.05, 3.63) is 0 Å². The summed E-state index contributed by atoms with van der Waals surface area (Å²) >= 11 is 0. The molecule has 5 heteroatoms. The summed E-state index contributed by atoms with van der Waals surface area (Å²) in [6, 6.07) is 0. The molecule has 0 aromatic rings. The highest BCUT2D eigenvalue weighted by molar-refractivity contribution is 8.49. The van der Waals surface area contributed by atoms with E-state index in [1.165, 1.54) is 0 Å². The highest BCUT2D eigenvalue weighted by Gasteiger charge is 2.28. The van der Waals surface area contributed by atoms with Gasteiger partial charge in [0.1, 0.15) is 0 Å². The Morgan fingerprint density at radius 2 is 1.46 bits per heavy atom. The van der Waals surface area contributed by atoms with Crippen LogP contribution in [0.2, 0.25) is 0 Å². The summed E-state index contributed by atoms with van der Waals surface area (Å²) in [7, 11) is -2.38. The first-order chi connectivity index (χ1) is 5.59. The van der Waals surface area contributed by atoms with Gasteiger partial charge in [-0.1, -0.05) is 19.8 Å². The van der Waals surface area contributed by atoms with E-state index >= 15 is 0 Å². The van der Waals surface area contributed by atoms with Crippen LogP contribution in [-0.4, -0.2) is 39.2 Å². The summed E-state index contributed by atoms with van der Waals surface area (Å²) in [6.45, 7) is -1.56. The second-order valence-electron chi connectivity index (χ2n) is 4.69. The molecule has 84 valence electrons. The van der Waals surface area contributed by atoms with Gasteiger partial charge in [0.15, 0.2) is 0 Å². The first-order valence-corrected chi connectivity index (χ1v) is 10.2. The molecule has 0 unspecified atom stereocenters. The molecule has 0 aromatic heterocycles. The zero-order valence-corrected chi connectivity index (χ0v) is 10.7. The van der Waals surface area contributed by atoms with E-state index in [2.05, 4.69) is 6.92 Å². The Kier molecular flexibility index (Phi) is 4.24. The molecule has 0 saturated heterocycles. The summed E-state index contributed by atoms with van der Waals surface area (Å²) in [5.74, 6) is 0.738. The minimum absolute atomic E-state index is 0.738. The van der Waals surface area contributed by atoms with Crippen LogP contribution in [0.25, 0.3) is 0 Å². The van der Waals surface area contributed by atoms with Crippen molar-refractivity contribution in [2.24, 2.45) is 0 Å². The molecule has 0 radical (unpaired) electrons. The van der Waals surface area contributed by atoms with Gasteiger partial charge in [-0.2, -0.15) is 8.34 Å². The van der Waals surface area contributed by atoms with Gasteiger partial charge in [0.05, 0.1) is 0 Å². The monoisotopic (exact) mass is 230 g/mol. The van der Waals surface area contributed by atoms with Gasteiger partial charge in [-0.15, -0.1) is 0 Å². The van der Waals surface area contributed by atoms with Crippen LogP contribution < -0.4 is 0 Å². The molecular formula is C8H23O3PS. The normalized spacial score (nSPS) is 16.7. The summed E-state index contributed by atoms with van der Waals surface area (Å²) in [6.07, 6.45) is 8.62. The lowest BCUT2D eigenvalue weighted by atomic mass is 10.3. The van der Waals surface area contributed by atoms with Crippen molar-refractivity contribution in [3.63, 3.8) is 0 Å². The highest BCUT2D eigenvalue weighted by Crippen LogP contribution is 2.49. The lowest BCUT2D eigenvalue weighted by Gasteiger charge is -2.41. The van der Waals surface area contributed by atoms with Gasteiger partial charge in [0, 0.05) is 0 Å². The summed E-state index contributed by atoms with van der Waals surface area (Å²) in [5.41, 5.74) is 0. The van der Waals surface area contributed by atoms with Crippen molar-refractivity contribution in [1.29, 1.82) is 0 Å². The van der Waals surface area contributed by atoms with Crippen LogP contribution in [0.4, 0.5) is 0 Å². The van der Waals surface area contributed by atoms with Gasteiger partial charge in [-0.25, -0.2) is 0 Å². The molecule has 13 heavy (non-hydrogen) atoms. The Balaban J connectivity index is 4.74. The molecule has 0 bridgehead atoms. The average molecular weight is 230 g/mol. The van der Waals surface area contributed by atoms with E-state index in [-0.39, 0.29) is 0 Å². The van der Waals surface area contributed by atoms with Crippen LogP contribution in [0.5, 0.6) is 0 Å². The van der Waals surface area contributed by atoms with E-state index in [1.54, 1.807) is 0 Å². The van der Waals surface area contributed by atoms with E-state index in [4.69, 9.17) is 0 Å². The molecule has 0 amide bonds. The SMILES string of the molecule is CCCCCS(C)(C)(C)=P(O)(O)O. The van der Waals surface area contributed by atoms with Crippen LogP contribution in [0.3, 0.4) is 0 Å². The van der Waals surface area contributed by atoms with E-state index in [1.807, 2.05) is 18.8 Å². The lowest BCUT2D eigenvalue weighted by Crippen LogP contribution is -2.32. The summed E-state index contributed by atoms with van der Waals surface area (Å²) in [4.78, 5) is 28.1. The third kappa shape index (κ3) is 3.72. The van der Waals surface area contributed by atoms with Gasteiger partial charge in [0.2, 0.25) is 0 Å². The Morgan fingerprint density at radius 3 is 1.77 bits per heavy atom. The summed E-state index contributed by atoms with van der Waals surface area (Å²) in [5, 5.41) is 0. The maximum atomic E-state index is 9.37. The third-order valence-corrected chi connectivity index (χ3v) is 11.9. The molecule has 0 aliphatic heterocycles. The maximum absolute atomic E-state index is 9.37. The van der Waals surface area contributed by atoms with Crippen LogP contribution in [0, 0.1) is 0 Å². The van der Waals surface area contributed by atoms with Crippen LogP contribution in [0.1, 0.15) is 26.2 Å². The smallest absolute Gasteiger partial charge is 0.261 e. The van der Waals surface area contributed by atoms with Crippen LogP contribution in [-0.2, 0) is 8.34 Å². The average Bonchev–Trinajstić information content (AvgIpc) is 1.83. The predicted molar refractivity (Wildman–Crippen MR) is 63.1 cm³/mol. The van der Waals surface area contributed by atoms with Crippen LogP contribution in [0.15, 0.2) is 0 Å². The van der Waals surface area contributed by atoms with E-state index in [9.17, 15) is 14.7 Å². The van der Waals surface area contributed by atoms with E-state index < -0.39 is 15.1 Å². The standard InChI is InChI=1S/C8H23O3PS/c1-5-6-7-8-13(2,3,4)12(9,10)11/h9-11H,5-8H2,1-4H3. The van der Waals surface area contributed by atoms with Gasteiger partial charge >= 0.3 is 0 Å². The molecule has 3 N–H and O–H groups in total. The molecule has 3 nitrogen and oxygen atoms in total. The molecule has 0 saturated carbocycles. The fourth-order valence-corrected chi connectivity index (χ4v) is 3.54. The van der Waals surface area contributed by atoms with Crippen LogP contribution >= 0.6 is 6.72 Å². The second kappa shape index (κ2) is 4.03. The molecule has 0 atom stereocenters. The minimum atomic E-state index is -3.66. The van der Waals surface area contributed by atoms with E-state index in [0.29, 0.717) is 0 Å². The molecule has 0 heterocycles. The maximum Gasteiger partial charge on any atom is 0.261 e. The van der Waals surface area contributed by atoms with Crippen molar-refractivity contribution in [1.82, 2.24) is 0 Å². The first kappa shape index (κ1) is 13.7. The lowest BCUT2D eigenvalue weighted by molar-refractivity contribution is 0.361. The topological polar surface area (TPSA) is 60.7 Å². The largest absolute Gasteiger partial charge is 0.329 e. The summed E-state index contributed by atoms with van der Waals surface area (Å²) < 4.78 is 0.